The van der Waals surface area contributed by atoms with Crippen LogP contribution in [0.3, 0.4) is 0 Å². The fourth-order valence-corrected chi connectivity index (χ4v) is 3.69. The maximum Gasteiger partial charge on any atom is 0.159 e. The van der Waals surface area contributed by atoms with E-state index in [9.17, 15) is 4.39 Å². The van der Waals surface area contributed by atoms with Crippen LogP contribution in [-0.4, -0.2) is 35.1 Å². The number of hydrogen-bond donors (Lipinski definition) is 2. The first-order chi connectivity index (χ1) is 15.3. The molecule has 5 heterocycles. The fourth-order valence-electron chi connectivity index (χ4n) is 3.69. The van der Waals surface area contributed by atoms with Gasteiger partial charge in [-0.15, -0.1) is 0 Å². The van der Waals surface area contributed by atoms with E-state index in [1.165, 1.54) is 12.1 Å². The molecule has 2 N–H and O–H groups in total. The maximum absolute atomic E-state index is 13.8. The van der Waals surface area contributed by atoms with Crippen molar-refractivity contribution in [3.63, 3.8) is 0 Å². The first kappa shape index (κ1) is 17.4. The molecule has 0 bridgehead atoms. The molecule has 0 radical (unpaired) electrons. The van der Waals surface area contributed by atoms with Crippen LogP contribution in [0.25, 0.3) is 55.8 Å². The van der Waals surface area contributed by atoms with Crippen molar-refractivity contribution in [3.05, 3.63) is 79.3 Å². The van der Waals surface area contributed by atoms with E-state index in [-0.39, 0.29) is 5.82 Å². The molecule has 6 aromatic rings. The summed E-state index contributed by atoms with van der Waals surface area (Å²) in [5.74, 6) is 0.290. The molecule has 0 saturated heterocycles. The van der Waals surface area contributed by atoms with Crippen LogP contribution in [0.1, 0.15) is 0 Å². The number of benzene rings is 1. The highest BCUT2D eigenvalue weighted by molar-refractivity contribution is 5.97. The topological polar surface area (TPSA) is 96.0 Å². The van der Waals surface area contributed by atoms with Gasteiger partial charge >= 0.3 is 0 Å². The van der Waals surface area contributed by atoms with E-state index in [2.05, 4.69) is 30.1 Å². The number of hydrogen-bond acceptors (Lipinski definition) is 5. The summed E-state index contributed by atoms with van der Waals surface area (Å²) in [5.41, 5.74) is 6.17. The van der Waals surface area contributed by atoms with Crippen molar-refractivity contribution in [2.24, 2.45) is 0 Å². The lowest BCUT2D eigenvalue weighted by Crippen LogP contribution is -1.85. The molecule has 1 aromatic carbocycles. The van der Waals surface area contributed by atoms with Gasteiger partial charge in [0.2, 0.25) is 0 Å². The van der Waals surface area contributed by atoms with Gasteiger partial charge < -0.3 is 4.98 Å². The van der Waals surface area contributed by atoms with Crippen molar-refractivity contribution in [2.45, 2.75) is 0 Å². The standard InChI is InChI=1S/C23H14FN7/c24-15-3-1-2-14(8-15)17-10-26-11-20-21(17)29-23(28-20)22-16-9-18(13-4-6-25-7-5-13)27-12-19(16)30-31-22/h1-12H,(H,28,29)(H,30,31). The summed E-state index contributed by atoms with van der Waals surface area (Å²) in [6.45, 7) is 0. The lowest BCUT2D eigenvalue weighted by Gasteiger charge is -2.01. The van der Waals surface area contributed by atoms with Gasteiger partial charge in [0.05, 0.1) is 34.6 Å². The number of fused-ring (bicyclic) bond motifs is 2. The highest BCUT2D eigenvalue weighted by atomic mass is 19.1. The average molecular weight is 407 g/mol. The van der Waals surface area contributed by atoms with Crippen molar-refractivity contribution in [1.82, 2.24) is 35.1 Å². The van der Waals surface area contributed by atoms with Crippen molar-refractivity contribution < 1.29 is 4.39 Å². The van der Waals surface area contributed by atoms with Gasteiger partial charge in [0.15, 0.2) is 5.82 Å². The molecule has 0 amide bonds. The maximum atomic E-state index is 13.8. The van der Waals surface area contributed by atoms with Crippen molar-refractivity contribution in [2.75, 3.05) is 0 Å². The van der Waals surface area contributed by atoms with Gasteiger partial charge in [-0.25, -0.2) is 9.37 Å². The highest BCUT2D eigenvalue weighted by Crippen LogP contribution is 2.32. The summed E-state index contributed by atoms with van der Waals surface area (Å²) in [6.07, 6.45) is 8.61. The molecule has 0 spiro atoms. The van der Waals surface area contributed by atoms with Crippen molar-refractivity contribution in [3.8, 4) is 33.9 Å². The van der Waals surface area contributed by atoms with Gasteiger partial charge in [0, 0.05) is 35.1 Å². The zero-order valence-electron chi connectivity index (χ0n) is 16.0. The summed E-state index contributed by atoms with van der Waals surface area (Å²) >= 11 is 0. The molecule has 0 saturated carbocycles. The first-order valence-corrected chi connectivity index (χ1v) is 9.61. The number of rotatable bonds is 3. The molecule has 5 aromatic heterocycles. The SMILES string of the molecule is Fc1cccc(-c2cncc3[nH]c(-c4n[nH]c5cnc(-c6ccncc6)cc45)nc23)c1. The Kier molecular flexibility index (Phi) is 3.82. The molecule has 148 valence electrons. The predicted molar refractivity (Wildman–Crippen MR) is 115 cm³/mol. The Hall–Kier alpha value is -4.46. The zero-order valence-corrected chi connectivity index (χ0v) is 16.0. The van der Waals surface area contributed by atoms with Crippen LogP contribution in [0.2, 0.25) is 0 Å². The molecule has 0 fully saturated rings. The van der Waals surface area contributed by atoms with Crippen LogP contribution in [0.4, 0.5) is 4.39 Å². The molecular formula is C23H14FN7. The van der Waals surface area contributed by atoms with Crippen LogP contribution >= 0.6 is 0 Å². The van der Waals surface area contributed by atoms with E-state index in [0.29, 0.717) is 22.6 Å². The summed E-state index contributed by atoms with van der Waals surface area (Å²) in [6, 6.07) is 12.2. The smallest absolute Gasteiger partial charge is 0.159 e. The number of aromatic nitrogens is 7. The minimum atomic E-state index is -0.306. The molecule has 8 heteroatoms. The third kappa shape index (κ3) is 2.93. The van der Waals surface area contributed by atoms with Crippen LogP contribution < -0.4 is 0 Å². The van der Waals surface area contributed by atoms with Gasteiger partial charge in [-0.3, -0.25) is 20.1 Å². The number of nitrogens with one attached hydrogen (secondary N) is 2. The second kappa shape index (κ2) is 6.81. The fraction of sp³-hybridized carbons (Fsp3) is 0. The minimum Gasteiger partial charge on any atom is -0.335 e. The zero-order chi connectivity index (χ0) is 20.8. The molecule has 0 aliphatic rings. The number of halogens is 1. The van der Waals surface area contributed by atoms with E-state index in [4.69, 9.17) is 4.98 Å². The molecule has 7 nitrogen and oxygen atoms in total. The van der Waals surface area contributed by atoms with Gasteiger partial charge in [-0.05, 0) is 35.9 Å². The van der Waals surface area contributed by atoms with Crippen LogP contribution in [0.15, 0.2) is 73.4 Å². The Morgan fingerprint density at radius 3 is 2.61 bits per heavy atom. The number of H-pyrrole nitrogens is 2. The van der Waals surface area contributed by atoms with Crippen molar-refractivity contribution >= 4 is 21.9 Å². The Labute approximate surface area is 175 Å². The van der Waals surface area contributed by atoms with Crippen LogP contribution in [-0.2, 0) is 0 Å². The molecule has 0 unspecified atom stereocenters. The first-order valence-electron chi connectivity index (χ1n) is 9.61. The third-order valence-corrected chi connectivity index (χ3v) is 5.18. The Morgan fingerprint density at radius 2 is 1.74 bits per heavy atom. The second-order valence-electron chi connectivity index (χ2n) is 7.10. The monoisotopic (exact) mass is 407 g/mol. The molecule has 0 atom stereocenters. The number of pyridine rings is 3. The van der Waals surface area contributed by atoms with E-state index in [0.717, 1.165) is 33.2 Å². The summed E-state index contributed by atoms with van der Waals surface area (Å²) < 4.78 is 13.8. The summed E-state index contributed by atoms with van der Waals surface area (Å²) in [4.78, 5) is 20.9. The number of imidazole rings is 1. The Bertz CT molecular complexity index is 1550. The van der Waals surface area contributed by atoms with Gasteiger partial charge in [-0.2, -0.15) is 5.10 Å². The van der Waals surface area contributed by atoms with Gasteiger partial charge in [-0.1, -0.05) is 12.1 Å². The average Bonchev–Trinajstić information content (AvgIpc) is 3.43. The Morgan fingerprint density at radius 1 is 0.839 bits per heavy atom. The lowest BCUT2D eigenvalue weighted by molar-refractivity contribution is 0.628. The van der Waals surface area contributed by atoms with E-state index >= 15 is 0 Å². The summed E-state index contributed by atoms with van der Waals surface area (Å²) in [5, 5.41) is 8.36. The third-order valence-electron chi connectivity index (χ3n) is 5.18. The predicted octanol–water partition coefficient (Wildman–Crippen LogP) is 4.76. The molecule has 31 heavy (non-hydrogen) atoms. The van der Waals surface area contributed by atoms with E-state index in [1.807, 2.05) is 24.3 Å². The number of aromatic amines is 2. The van der Waals surface area contributed by atoms with Gasteiger partial charge in [0.25, 0.3) is 0 Å². The Balaban J connectivity index is 1.52. The highest BCUT2D eigenvalue weighted by Gasteiger charge is 2.16. The van der Waals surface area contributed by atoms with Crippen LogP contribution in [0, 0.1) is 5.82 Å². The second-order valence-corrected chi connectivity index (χ2v) is 7.10. The molecule has 0 aliphatic carbocycles. The molecular weight excluding hydrogens is 393 g/mol. The molecule has 0 aliphatic heterocycles. The quantitative estimate of drug-likeness (QED) is 0.441. The summed E-state index contributed by atoms with van der Waals surface area (Å²) in [7, 11) is 0. The number of nitrogens with zero attached hydrogens (tertiary/aromatic N) is 5. The lowest BCUT2D eigenvalue weighted by atomic mass is 10.1. The van der Waals surface area contributed by atoms with E-state index in [1.54, 1.807) is 37.1 Å². The largest absolute Gasteiger partial charge is 0.335 e. The van der Waals surface area contributed by atoms with Crippen LogP contribution in [0.5, 0.6) is 0 Å². The van der Waals surface area contributed by atoms with Gasteiger partial charge in [0.1, 0.15) is 11.5 Å². The van der Waals surface area contributed by atoms with Crippen molar-refractivity contribution in [1.29, 1.82) is 0 Å². The van der Waals surface area contributed by atoms with E-state index < -0.39 is 0 Å². The minimum absolute atomic E-state index is 0.306. The normalized spacial score (nSPS) is 11.4. The molecule has 6 rings (SSSR count).